The van der Waals surface area contributed by atoms with Gasteiger partial charge in [-0.15, -0.1) is 0 Å². The Bertz CT molecular complexity index is 753. The maximum absolute atomic E-state index is 7.42. The summed E-state index contributed by atoms with van der Waals surface area (Å²) in [5.74, 6) is 0. The molecule has 0 spiro atoms. The van der Waals surface area contributed by atoms with E-state index in [0.29, 0.717) is 0 Å². The van der Waals surface area contributed by atoms with Crippen LogP contribution in [0.2, 0.25) is 0 Å². The van der Waals surface area contributed by atoms with Gasteiger partial charge in [-0.05, 0) is 0 Å². The molecule has 1 nitrogen and oxygen atoms in total. The molecule has 0 amide bonds. The Kier molecular flexibility index (Phi) is 4.78. The topological polar surface area (TPSA) is 0 Å². The fourth-order valence-electron chi connectivity index (χ4n) is 2.97. The number of nitrogens with zero attached hydrogens (tertiary/aromatic N) is 1. The molecule has 0 fully saturated rings. The number of hydrogen-bond acceptors (Lipinski definition) is 0. The van der Waals surface area contributed by atoms with E-state index in [1.807, 2.05) is 12.1 Å². The molecule has 0 saturated heterocycles. The van der Waals surface area contributed by atoms with Gasteiger partial charge < -0.3 is 0 Å². The molecule has 0 N–H and O–H groups in total. The Labute approximate surface area is 150 Å². The summed E-state index contributed by atoms with van der Waals surface area (Å²) in [6.07, 6.45) is 0. The second-order valence-electron chi connectivity index (χ2n) is 6.95. The molecule has 3 aromatic rings. The molecular formula is C21H24ClNP+. The zero-order chi connectivity index (χ0) is 17.2. The number of hydrogen-bond donors (Lipinski definition) is 0. The van der Waals surface area contributed by atoms with E-state index >= 15 is 0 Å². The second-order valence-corrected chi connectivity index (χ2v) is 11.7. The zero-order valence-electron chi connectivity index (χ0n) is 14.4. The van der Waals surface area contributed by atoms with E-state index in [1.54, 1.807) is 0 Å². The van der Waals surface area contributed by atoms with Crippen LogP contribution in [0.25, 0.3) is 0 Å². The quantitative estimate of drug-likeness (QED) is 0.488. The van der Waals surface area contributed by atoms with Crippen LogP contribution in [0.5, 0.6) is 0 Å². The number of halogens is 1. The molecule has 0 aromatic heterocycles. The third-order valence-electron chi connectivity index (χ3n) is 4.38. The predicted octanol–water partition coefficient (Wildman–Crippen LogP) is 4.06. The molecule has 24 heavy (non-hydrogen) atoms. The number of quaternary nitrogens is 1. The van der Waals surface area contributed by atoms with Crippen molar-refractivity contribution in [3.63, 3.8) is 0 Å². The van der Waals surface area contributed by atoms with Gasteiger partial charge in [-0.1, -0.05) is 0 Å². The minimum atomic E-state index is -2.49. The van der Waals surface area contributed by atoms with Crippen LogP contribution in [0.1, 0.15) is 0 Å². The number of benzene rings is 3. The molecule has 124 valence electrons. The molecule has 0 unspecified atom stereocenters. The standard InChI is InChI=1S/C21H24ClNP/c1-23(2,3)18-14-16-21(17-15-18)24(22,19-10-6-4-7-11-19)20-12-8-5-9-13-20/h4-17,24H,1-3H3/q+1. The van der Waals surface area contributed by atoms with Crippen molar-refractivity contribution in [1.29, 1.82) is 0 Å². The van der Waals surface area contributed by atoms with Gasteiger partial charge in [0, 0.05) is 0 Å². The third-order valence-corrected chi connectivity index (χ3v) is 9.73. The average Bonchev–Trinajstić information content (AvgIpc) is 2.62. The Morgan fingerprint density at radius 2 is 0.958 bits per heavy atom. The molecule has 0 radical (unpaired) electrons. The maximum atomic E-state index is 7.42. The van der Waals surface area contributed by atoms with Gasteiger partial charge in [0.25, 0.3) is 0 Å². The molecule has 3 heteroatoms. The van der Waals surface area contributed by atoms with Crippen molar-refractivity contribution in [3.05, 3.63) is 84.9 Å². The van der Waals surface area contributed by atoms with Crippen LogP contribution in [0.3, 0.4) is 0 Å². The Hall–Kier alpha value is -1.66. The SMILES string of the molecule is C[N+](C)(C)c1ccc([PH](Cl)(c2ccccc2)c2ccccc2)cc1. The average molecular weight is 357 g/mol. The van der Waals surface area contributed by atoms with Gasteiger partial charge in [0.1, 0.15) is 0 Å². The molecule has 0 aliphatic carbocycles. The molecule has 0 saturated carbocycles. The predicted molar refractivity (Wildman–Crippen MR) is 112 cm³/mol. The first-order valence-electron chi connectivity index (χ1n) is 8.15. The van der Waals surface area contributed by atoms with E-state index in [4.69, 9.17) is 11.2 Å². The molecule has 0 aliphatic rings. The molecule has 0 bridgehead atoms. The normalized spacial score (nSPS) is 12.8. The summed E-state index contributed by atoms with van der Waals surface area (Å²) < 4.78 is 0.799. The van der Waals surface area contributed by atoms with E-state index in [9.17, 15) is 0 Å². The van der Waals surface area contributed by atoms with Crippen LogP contribution in [0.4, 0.5) is 5.69 Å². The minimum absolute atomic E-state index is 0.799. The van der Waals surface area contributed by atoms with Gasteiger partial charge in [-0.2, -0.15) is 0 Å². The molecule has 0 heterocycles. The molecule has 3 aromatic carbocycles. The summed E-state index contributed by atoms with van der Waals surface area (Å²) in [6, 6.07) is 29.8. The summed E-state index contributed by atoms with van der Waals surface area (Å²) in [6.45, 7) is -2.49. The van der Waals surface area contributed by atoms with Crippen LogP contribution in [0.15, 0.2) is 84.9 Å². The summed E-state index contributed by atoms with van der Waals surface area (Å²) in [4.78, 5) is 0. The van der Waals surface area contributed by atoms with Crippen molar-refractivity contribution in [2.45, 2.75) is 0 Å². The van der Waals surface area contributed by atoms with Crippen LogP contribution in [0, 0.1) is 0 Å². The van der Waals surface area contributed by atoms with Crippen LogP contribution in [-0.4, -0.2) is 21.1 Å². The Balaban J connectivity index is 2.16. The van der Waals surface area contributed by atoms with Crippen molar-refractivity contribution in [2.24, 2.45) is 0 Å². The monoisotopic (exact) mass is 356 g/mol. The van der Waals surface area contributed by atoms with E-state index in [-0.39, 0.29) is 0 Å². The summed E-state index contributed by atoms with van der Waals surface area (Å²) in [5.41, 5.74) is 1.27. The van der Waals surface area contributed by atoms with Crippen molar-refractivity contribution in [1.82, 2.24) is 4.48 Å². The Morgan fingerprint density at radius 3 is 1.33 bits per heavy atom. The molecule has 0 atom stereocenters. The van der Waals surface area contributed by atoms with Crippen LogP contribution in [-0.2, 0) is 0 Å². The van der Waals surface area contributed by atoms with Crippen LogP contribution >= 0.6 is 17.9 Å². The van der Waals surface area contributed by atoms with Crippen molar-refractivity contribution in [3.8, 4) is 0 Å². The van der Waals surface area contributed by atoms with E-state index in [0.717, 1.165) is 4.48 Å². The van der Waals surface area contributed by atoms with Gasteiger partial charge in [0.15, 0.2) is 0 Å². The first-order valence-corrected chi connectivity index (χ1v) is 11.2. The second kappa shape index (κ2) is 6.69. The van der Waals surface area contributed by atoms with Crippen molar-refractivity contribution in [2.75, 3.05) is 21.1 Å². The molecule has 0 aliphatic heterocycles. The third kappa shape index (κ3) is 3.26. The van der Waals surface area contributed by atoms with Gasteiger partial charge in [-0.3, -0.25) is 0 Å². The Morgan fingerprint density at radius 1 is 0.583 bits per heavy atom. The first-order chi connectivity index (χ1) is 11.4. The fraction of sp³-hybridized carbons (Fsp3) is 0.143. The summed E-state index contributed by atoms with van der Waals surface area (Å²) in [7, 11) is 6.53. The van der Waals surface area contributed by atoms with Gasteiger partial charge in [-0.25, -0.2) is 0 Å². The summed E-state index contributed by atoms with van der Waals surface area (Å²) in [5, 5.41) is 3.66. The van der Waals surface area contributed by atoms with Gasteiger partial charge >= 0.3 is 150 Å². The van der Waals surface area contributed by atoms with Crippen molar-refractivity contribution < 1.29 is 0 Å². The van der Waals surface area contributed by atoms with Gasteiger partial charge in [0.05, 0.1) is 0 Å². The van der Waals surface area contributed by atoms with Gasteiger partial charge in [0.2, 0.25) is 0 Å². The number of rotatable bonds is 4. The molecular weight excluding hydrogens is 333 g/mol. The van der Waals surface area contributed by atoms with E-state index < -0.39 is 6.62 Å². The molecule has 3 rings (SSSR count). The zero-order valence-corrected chi connectivity index (χ0v) is 16.2. The summed E-state index contributed by atoms with van der Waals surface area (Å²) >= 11 is 7.42. The van der Waals surface area contributed by atoms with Crippen molar-refractivity contribution >= 4 is 39.5 Å². The first kappa shape index (κ1) is 17.2. The fourth-order valence-corrected chi connectivity index (χ4v) is 7.04. The van der Waals surface area contributed by atoms with E-state index in [2.05, 4.69) is 93.9 Å². The van der Waals surface area contributed by atoms with Crippen LogP contribution < -0.4 is 20.4 Å². The van der Waals surface area contributed by atoms with E-state index in [1.165, 1.54) is 21.6 Å².